The molecule has 0 aliphatic rings. The van der Waals surface area contributed by atoms with Crippen LogP contribution in [0.3, 0.4) is 0 Å². The van der Waals surface area contributed by atoms with E-state index in [2.05, 4.69) is 32.7 Å². The Morgan fingerprint density at radius 2 is 1.48 bits per heavy atom. The van der Waals surface area contributed by atoms with Crippen molar-refractivity contribution >= 4 is 28.4 Å². The summed E-state index contributed by atoms with van der Waals surface area (Å²) in [6, 6.07) is 25.0. The monoisotopic (exact) mass is 377 g/mol. The molecule has 4 rings (SSSR count). The van der Waals surface area contributed by atoms with Gasteiger partial charge in [-0.2, -0.15) is 4.98 Å². The molecule has 3 aromatic carbocycles. The Bertz CT molecular complexity index is 1040. The van der Waals surface area contributed by atoms with Gasteiger partial charge in [0.05, 0.1) is 11.2 Å². The molecule has 3 N–H and O–H groups in total. The summed E-state index contributed by atoms with van der Waals surface area (Å²) in [7, 11) is 0. The first-order valence-corrected chi connectivity index (χ1v) is 8.39. The maximum atomic E-state index is 9.97. The van der Waals surface area contributed by atoms with Gasteiger partial charge in [0.2, 0.25) is 5.95 Å². The molecule has 6 heteroatoms. The number of aromatic hydroxyl groups is 1. The third-order valence-electron chi connectivity index (χ3n) is 4.06. The van der Waals surface area contributed by atoms with Crippen LogP contribution in [0.4, 0.5) is 17.5 Å². The van der Waals surface area contributed by atoms with E-state index in [4.69, 9.17) is 0 Å². The number of benzene rings is 3. The van der Waals surface area contributed by atoms with Crippen LogP contribution in [0.5, 0.6) is 5.75 Å². The molecule has 4 aromatic rings. The lowest BCUT2D eigenvalue weighted by molar-refractivity contribution is -0.00000622. The summed E-state index contributed by atoms with van der Waals surface area (Å²) in [6.07, 6.45) is 0. The largest absolute Gasteiger partial charge is 1.00 e. The van der Waals surface area contributed by atoms with E-state index in [0.717, 1.165) is 16.7 Å². The first-order valence-electron chi connectivity index (χ1n) is 8.39. The molecule has 0 unspecified atom stereocenters. The number of hydrogen-bond donors (Lipinski definition) is 3. The van der Waals surface area contributed by atoms with Crippen molar-refractivity contribution in [2.24, 2.45) is 0 Å². The predicted molar refractivity (Wildman–Crippen MR) is 105 cm³/mol. The number of hydrogen-bond acceptors (Lipinski definition) is 5. The average Bonchev–Trinajstić information content (AvgIpc) is 2.69. The molecule has 0 radical (unpaired) electrons. The molecule has 5 nitrogen and oxygen atoms in total. The van der Waals surface area contributed by atoms with Crippen LogP contribution in [-0.2, 0) is 6.54 Å². The van der Waals surface area contributed by atoms with Crippen molar-refractivity contribution < 1.29 is 17.5 Å². The highest BCUT2D eigenvalue weighted by Crippen LogP contribution is 2.27. The molecule has 0 atom stereocenters. The topological polar surface area (TPSA) is 70.1 Å². The van der Waals surface area contributed by atoms with Crippen LogP contribution in [0.25, 0.3) is 10.9 Å². The zero-order valence-electron chi connectivity index (χ0n) is 14.4. The van der Waals surface area contributed by atoms with Crippen LogP contribution in [0.15, 0.2) is 78.9 Å². The molecule has 0 spiro atoms. The van der Waals surface area contributed by atoms with Gasteiger partial charge in [-0.3, -0.25) is 0 Å². The van der Waals surface area contributed by atoms with E-state index in [-0.39, 0.29) is 18.2 Å². The average molecular weight is 378 g/mol. The predicted octanol–water partition coefficient (Wildman–Crippen LogP) is 1.70. The minimum absolute atomic E-state index is 0. The highest BCUT2D eigenvalue weighted by molar-refractivity contribution is 5.90. The molecule has 1 heterocycles. The van der Waals surface area contributed by atoms with Crippen molar-refractivity contribution in [1.82, 2.24) is 9.97 Å². The third-order valence-corrected chi connectivity index (χ3v) is 4.06. The van der Waals surface area contributed by atoms with E-state index in [1.807, 2.05) is 48.5 Å². The first kappa shape index (κ1) is 18.5. The van der Waals surface area contributed by atoms with E-state index in [1.54, 1.807) is 18.2 Å². The molecule has 27 heavy (non-hydrogen) atoms. The fourth-order valence-corrected chi connectivity index (χ4v) is 2.75. The Balaban J connectivity index is 0.00000210. The van der Waals surface area contributed by atoms with Crippen molar-refractivity contribution in [2.45, 2.75) is 6.54 Å². The lowest BCUT2D eigenvalue weighted by Gasteiger charge is -2.12. The second-order valence-corrected chi connectivity index (χ2v) is 5.89. The summed E-state index contributed by atoms with van der Waals surface area (Å²) in [6.45, 7) is 0.665. The zero-order valence-corrected chi connectivity index (χ0v) is 15.2. The summed E-state index contributed by atoms with van der Waals surface area (Å²) in [4.78, 5) is 9.16. The van der Waals surface area contributed by atoms with Crippen LogP contribution in [0.1, 0.15) is 5.56 Å². The second kappa shape index (κ2) is 8.38. The van der Waals surface area contributed by atoms with Crippen LogP contribution in [0, 0.1) is 0 Å². The summed E-state index contributed by atoms with van der Waals surface area (Å²) in [5.41, 5.74) is 2.57. The van der Waals surface area contributed by atoms with Crippen molar-refractivity contribution in [3.63, 3.8) is 0 Å². The molecule has 136 valence electrons. The van der Waals surface area contributed by atoms with Gasteiger partial charge in [-0.1, -0.05) is 54.6 Å². The highest BCUT2D eigenvalue weighted by Gasteiger charge is 2.09. The zero-order chi connectivity index (χ0) is 17.8. The van der Waals surface area contributed by atoms with Crippen molar-refractivity contribution in [2.75, 3.05) is 10.6 Å². The molecule has 0 aliphatic heterocycles. The number of halogens is 1. The van der Waals surface area contributed by atoms with Gasteiger partial charge in [0.25, 0.3) is 0 Å². The SMILES string of the molecule is Oc1ccccc1Nc1nc(NCc2ccccc2)c2ccccc2n1.[Cl-]. The number of nitrogens with zero attached hydrogens (tertiary/aromatic N) is 2. The summed E-state index contributed by atoms with van der Waals surface area (Å²) >= 11 is 0. The summed E-state index contributed by atoms with van der Waals surface area (Å²) in [5.74, 6) is 1.33. The molecule has 0 aliphatic carbocycles. The maximum Gasteiger partial charge on any atom is 0.229 e. The van der Waals surface area contributed by atoms with E-state index < -0.39 is 0 Å². The van der Waals surface area contributed by atoms with Gasteiger partial charge >= 0.3 is 0 Å². The van der Waals surface area contributed by atoms with Gasteiger partial charge < -0.3 is 28.1 Å². The first-order chi connectivity index (χ1) is 12.8. The fraction of sp³-hybridized carbons (Fsp3) is 0.0476. The maximum absolute atomic E-state index is 9.97. The second-order valence-electron chi connectivity index (χ2n) is 5.89. The Kier molecular flexibility index (Phi) is 5.74. The molecule has 0 saturated heterocycles. The van der Waals surface area contributed by atoms with Crippen LogP contribution < -0.4 is 23.0 Å². The molecule has 1 aromatic heterocycles. The number of rotatable bonds is 5. The van der Waals surface area contributed by atoms with E-state index in [9.17, 15) is 5.11 Å². The smallest absolute Gasteiger partial charge is 0.229 e. The molecule has 0 saturated carbocycles. The van der Waals surface area contributed by atoms with Crippen LogP contribution in [-0.4, -0.2) is 15.1 Å². The van der Waals surface area contributed by atoms with Crippen LogP contribution >= 0.6 is 0 Å². The fourth-order valence-electron chi connectivity index (χ4n) is 2.75. The standard InChI is InChI=1S/C21H18N4O.ClH/c26-19-13-7-6-12-18(19)24-21-23-17-11-5-4-10-16(17)20(25-21)22-14-15-8-2-1-3-9-15;/h1-13,26H,14H2,(H2,22,23,24,25);1H/p-1. The Morgan fingerprint density at radius 1 is 0.778 bits per heavy atom. The molecular formula is C21H18ClN4O-. The van der Waals surface area contributed by atoms with Crippen molar-refractivity contribution in [3.05, 3.63) is 84.4 Å². The van der Waals surface area contributed by atoms with E-state index in [1.165, 1.54) is 5.56 Å². The van der Waals surface area contributed by atoms with Gasteiger partial charge in [-0.15, -0.1) is 0 Å². The molecule has 0 bridgehead atoms. The van der Waals surface area contributed by atoms with E-state index >= 15 is 0 Å². The van der Waals surface area contributed by atoms with Gasteiger partial charge in [-0.25, -0.2) is 4.98 Å². The number of anilines is 3. The third kappa shape index (κ3) is 4.27. The normalized spacial score (nSPS) is 10.2. The Morgan fingerprint density at radius 3 is 2.30 bits per heavy atom. The Labute approximate surface area is 163 Å². The van der Waals surface area contributed by atoms with Gasteiger partial charge in [0.1, 0.15) is 11.6 Å². The van der Waals surface area contributed by atoms with E-state index in [0.29, 0.717) is 18.2 Å². The number of fused-ring (bicyclic) bond motifs is 1. The van der Waals surface area contributed by atoms with Crippen LogP contribution in [0.2, 0.25) is 0 Å². The van der Waals surface area contributed by atoms with Gasteiger partial charge in [0, 0.05) is 11.9 Å². The molecule has 0 fully saturated rings. The lowest BCUT2D eigenvalue weighted by atomic mass is 10.2. The number of phenolic OH excluding ortho intramolecular Hbond substituents is 1. The minimum Gasteiger partial charge on any atom is -1.00 e. The number of aromatic nitrogens is 2. The van der Waals surface area contributed by atoms with Crippen molar-refractivity contribution in [1.29, 1.82) is 0 Å². The summed E-state index contributed by atoms with van der Waals surface area (Å²) < 4.78 is 0. The quantitative estimate of drug-likeness (QED) is 0.462. The Hall–Kier alpha value is -3.31. The minimum atomic E-state index is 0. The van der Waals surface area contributed by atoms with Gasteiger partial charge in [-0.05, 0) is 29.8 Å². The highest BCUT2D eigenvalue weighted by atomic mass is 35.5. The number of para-hydroxylation sites is 3. The van der Waals surface area contributed by atoms with Gasteiger partial charge in [0.15, 0.2) is 0 Å². The summed E-state index contributed by atoms with van der Waals surface area (Å²) in [5, 5.41) is 17.4. The lowest BCUT2D eigenvalue weighted by Crippen LogP contribution is -3.00. The number of nitrogens with one attached hydrogen (secondary N) is 2. The number of phenols is 1. The van der Waals surface area contributed by atoms with Crippen molar-refractivity contribution in [3.8, 4) is 5.75 Å². The molecular weight excluding hydrogens is 360 g/mol. The molecule has 0 amide bonds.